The summed E-state index contributed by atoms with van der Waals surface area (Å²) in [6.07, 6.45) is 20.1. The number of benzene rings is 9. The quantitative estimate of drug-likeness (QED) is 0.113. The van der Waals surface area contributed by atoms with E-state index < -0.39 is 16.1 Å². The monoisotopic (exact) mass is 1070 g/mol. The summed E-state index contributed by atoms with van der Waals surface area (Å²) in [6.45, 7) is 16.1. The molecule has 4 aliphatic carbocycles. The van der Waals surface area contributed by atoms with Crippen molar-refractivity contribution in [2.75, 3.05) is 9.80 Å². The van der Waals surface area contributed by atoms with Crippen LogP contribution in [0.4, 0.5) is 34.1 Å². The minimum absolute atomic E-state index is 0.0573. The fraction of sp³-hybridized carbons (Fsp3) is 0.333. The molecule has 0 spiro atoms. The van der Waals surface area contributed by atoms with Crippen molar-refractivity contribution in [1.29, 1.82) is 0 Å². The molecule has 400 valence electrons. The first kappa shape index (κ1) is 51.9. The topological polar surface area (TPSA) is 6.48 Å². The van der Waals surface area contributed by atoms with Gasteiger partial charge in [-0.3, -0.25) is 0 Å². The maximum Gasteiger partial charge on any atom is 0.0579 e. The van der Waals surface area contributed by atoms with Gasteiger partial charge in [0.1, 0.15) is 0 Å². The highest BCUT2D eigenvalue weighted by atomic mass is 28.4. The Kier molecular flexibility index (Phi) is 13.9. The molecule has 3 saturated carbocycles. The van der Waals surface area contributed by atoms with Crippen LogP contribution in [0.3, 0.4) is 0 Å². The van der Waals surface area contributed by atoms with E-state index in [4.69, 9.17) is 0 Å². The molecule has 2 nitrogen and oxygen atoms in total. The number of nitrogens with zero attached hydrogens (tertiary/aromatic N) is 2. The molecule has 79 heavy (non-hydrogen) atoms. The molecule has 0 saturated heterocycles. The van der Waals surface area contributed by atoms with Crippen LogP contribution < -0.4 is 9.80 Å². The molecule has 3 fully saturated rings. The van der Waals surface area contributed by atoms with E-state index in [1.807, 2.05) is 0 Å². The zero-order chi connectivity index (χ0) is 53.9. The highest BCUT2D eigenvalue weighted by Crippen LogP contribution is 2.62. The van der Waals surface area contributed by atoms with Crippen molar-refractivity contribution < 1.29 is 0 Å². The van der Waals surface area contributed by atoms with Crippen LogP contribution in [0.25, 0.3) is 43.8 Å². The zero-order valence-electron chi connectivity index (χ0n) is 48.1. The Morgan fingerprint density at radius 2 is 0.633 bits per heavy atom. The summed E-state index contributed by atoms with van der Waals surface area (Å²) >= 11 is 0. The summed E-state index contributed by atoms with van der Waals surface area (Å²) in [5.41, 5.74) is 20.3. The number of anilines is 6. The van der Waals surface area contributed by atoms with Gasteiger partial charge in [-0.2, -0.15) is 0 Å². The van der Waals surface area contributed by atoms with Gasteiger partial charge >= 0.3 is 0 Å². The summed E-state index contributed by atoms with van der Waals surface area (Å²) < 4.78 is -0.0573. The lowest BCUT2D eigenvalue weighted by Gasteiger charge is -2.52. The maximum absolute atomic E-state index is 2.68. The van der Waals surface area contributed by atoms with Gasteiger partial charge in [0.25, 0.3) is 0 Å². The molecule has 0 unspecified atom stereocenters. The molecule has 0 amide bonds. The smallest absolute Gasteiger partial charge is 0.0579 e. The molecule has 0 N–H and O–H groups in total. The van der Waals surface area contributed by atoms with Crippen LogP contribution in [0, 0.1) is 0 Å². The fourth-order valence-corrected chi connectivity index (χ4v) is 29.3. The van der Waals surface area contributed by atoms with Crippen molar-refractivity contribution in [1.82, 2.24) is 0 Å². The first-order chi connectivity index (χ1) is 38.4. The largest absolute Gasteiger partial charge is 0.310 e. The molecule has 0 heterocycles. The third kappa shape index (κ3) is 9.43. The molecular formula is C75H82N2Si2. The van der Waals surface area contributed by atoms with Crippen molar-refractivity contribution in [3.63, 3.8) is 0 Å². The summed E-state index contributed by atoms with van der Waals surface area (Å²) in [7, 11) is -4.16. The van der Waals surface area contributed by atoms with Gasteiger partial charge in [-0.05, 0) is 201 Å². The first-order valence-corrected chi connectivity index (χ1v) is 37.7. The molecule has 0 atom stereocenters. The van der Waals surface area contributed by atoms with Gasteiger partial charge in [-0.15, -0.1) is 0 Å². The number of hydrogen-bond acceptors (Lipinski definition) is 2. The molecule has 4 heteroatoms. The standard InChI is InChI=1S/C75H82N2Si2/c1-78(2,3)75(79(4,5)6)73-69-49-45-67(76(63-37-27-57(28-38-63)53-19-11-7-12-20-53)64-39-29-58(30-40-64)54-21-13-8-14-22-54)51-61(69)35-47-71(73)72-48-36-62-52-68(46-50-70(62)74(72)75)77(65-41-31-59(32-42-65)55-23-15-9-16-24-55)66-43-33-60(34-44-66)56-25-17-10-18-26-56/h7,11-12,19-20,27-52,54-56H,8-10,13-18,21-26H2,1-6H3. The first-order valence-electron chi connectivity index (χ1n) is 30.7. The third-order valence-corrected chi connectivity index (χ3v) is 29.7. The van der Waals surface area contributed by atoms with Crippen LogP contribution >= 0.6 is 0 Å². The van der Waals surface area contributed by atoms with E-state index in [0.29, 0.717) is 17.8 Å². The minimum Gasteiger partial charge on any atom is -0.310 e. The molecule has 0 radical (unpaired) electrons. The SMILES string of the molecule is C[Si](C)(C)C1([Si](C)(C)C)c2c(ccc3cc(N(c4ccc(-c5ccccc5)cc4)c4ccc(C5CCCCC5)cc4)ccc23)-c2ccc3cc(N(c4ccc(C5CCCCC5)cc4)c4ccc(C5CCCCC5)cc4)ccc3c21. The molecule has 0 bridgehead atoms. The van der Waals surface area contributed by atoms with Crippen molar-refractivity contribution in [3.05, 3.63) is 216 Å². The lowest BCUT2D eigenvalue weighted by atomic mass is 9.84. The van der Waals surface area contributed by atoms with Crippen LogP contribution in [-0.2, 0) is 4.66 Å². The molecule has 9 aromatic rings. The highest BCUT2D eigenvalue weighted by Gasteiger charge is 2.60. The van der Waals surface area contributed by atoms with Gasteiger partial charge in [-0.1, -0.05) is 212 Å². The Hall–Kier alpha value is -6.47. The molecule has 9 aromatic carbocycles. The molecular weight excluding hydrogens is 985 g/mol. The van der Waals surface area contributed by atoms with Crippen molar-refractivity contribution in [2.24, 2.45) is 0 Å². The second-order valence-electron chi connectivity index (χ2n) is 26.4. The van der Waals surface area contributed by atoms with E-state index >= 15 is 0 Å². The Balaban J connectivity index is 0.924. The Morgan fingerprint density at radius 1 is 0.316 bits per heavy atom. The average molecular weight is 1070 g/mol. The van der Waals surface area contributed by atoms with E-state index in [0.717, 1.165) is 0 Å². The van der Waals surface area contributed by atoms with Gasteiger partial charge in [-0.25, -0.2) is 0 Å². The van der Waals surface area contributed by atoms with Gasteiger partial charge in [0.05, 0.1) is 16.1 Å². The van der Waals surface area contributed by atoms with Crippen LogP contribution in [-0.4, -0.2) is 16.1 Å². The Bertz CT molecular complexity index is 3530. The predicted molar refractivity (Wildman–Crippen MR) is 347 cm³/mol. The lowest BCUT2D eigenvalue weighted by Crippen LogP contribution is -2.63. The third-order valence-electron chi connectivity index (χ3n) is 19.7. The summed E-state index contributed by atoms with van der Waals surface area (Å²) in [4.78, 5) is 5.04. The van der Waals surface area contributed by atoms with Gasteiger partial charge in [0.2, 0.25) is 0 Å². The van der Waals surface area contributed by atoms with E-state index in [2.05, 4.69) is 237 Å². The lowest BCUT2D eigenvalue weighted by molar-refractivity contribution is 0.443. The minimum atomic E-state index is -2.08. The highest BCUT2D eigenvalue weighted by molar-refractivity contribution is 7.00. The van der Waals surface area contributed by atoms with Crippen molar-refractivity contribution in [2.45, 2.75) is 158 Å². The number of fused-ring (bicyclic) bond motifs is 7. The normalized spacial score (nSPS) is 17.2. The van der Waals surface area contributed by atoms with Gasteiger partial charge in [0.15, 0.2) is 0 Å². The van der Waals surface area contributed by atoms with Crippen LogP contribution in [0.1, 0.15) is 142 Å². The molecule has 0 aromatic heterocycles. The van der Waals surface area contributed by atoms with E-state index in [1.54, 1.807) is 11.1 Å². The maximum atomic E-state index is 2.68. The molecule has 13 rings (SSSR count). The summed E-state index contributed by atoms with van der Waals surface area (Å²) in [5, 5.41) is 5.50. The van der Waals surface area contributed by atoms with Crippen molar-refractivity contribution >= 4 is 71.8 Å². The average Bonchev–Trinajstić information content (AvgIpc) is 2.70. The molecule has 0 aliphatic heterocycles. The fourth-order valence-electron chi connectivity index (χ4n) is 16.2. The van der Waals surface area contributed by atoms with Crippen LogP contribution in [0.2, 0.25) is 39.3 Å². The number of rotatable bonds is 12. The van der Waals surface area contributed by atoms with Crippen LogP contribution in [0.15, 0.2) is 188 Å². The second-order valence-corrected chi connectivity index (χ2v) is 37.4. The Morgan fingerprint density at radius 3 is 0.975 bits per heavy atom. The second kappa shape index (κ2) is 21.2. The summed E-state index contributed by atoms with van der Waals surface area (Å²) in [6, 6.07) is 73.9. The van der Waals surface area contributed by atoms with Crippen LogP contribution in [0.5, 0.6) is 0 Å². The van der Waals surface area contributed by atoms with Gasteiger partial charge < -0.3 is 9.80 Å². The van der Waals surface area contributed by atoms with Crippen molar-refractivity contribution in [3.8, 4) is 22.3 Å². The van der Waals surface area contributed by atoms with E-state index in [9.17, 15) is 0 Å². The van der Waals surface area contributed by atoms with E-state index in [1.165, 1.54) is 191 Å². The van der Waals surface area contributed by atoms with E-state index in [-0.39, 0.29) is 4.66 Å². The molecule has 4 aliphatic rings. The summed E-state index contributed by atoms with van der Waals surface area (Å²) in [5.74, 6) is 2.03. The van der Waals surface area contributed by atoms with Gasteiger partial charge in [0, 0.05) is 38.8 Å². The number of hydrogen-bond donors (Lipinski definition) is 0. The Labute approximate surface area is 475 Å². The predicted octanol–water partition coefficient (Wildman–Crippen LogP) is 22.8. The zero-order valence-corrected chi connectivity index (χ0v) is 50.1.